The third-order valence-electron chi connectivity index (χ3n) is 4.70. The van der Waals surface area contributed by atoms with Crippen molar-refractivity contribution in [1.82, 2.24) is 9.80 Å². The molecule has 26 heavy (non-hydrogen) atoms. The number of nitrogens with zero attached hydrogens (tertiary/aromatic N) is 2. The Hall–Kier alpha value is -1.93. The summed E-state index contributed by atoms with van der Waals surface area (Å²) in [5, 5.41) is -0.220. The van der Waals surface area contributed by atoms with Crippen LogP contribution >= 0.6 is 11.8 Å². The Morgan fingerprint density at radius 1 is 1.23 bits per heavy atom. The standard InChI is InChI=1S/C18H24N2O5S/c1-12(17(22)19-6-8-25-9-7-19)20-16(21)11-26-18(20)13-4-5-14(23-2)15(10-13)24-3/h4-5,10,12,18H,6-9,11H2,1-3H3. The van der Waals surface area contributed by atoms with Crippen LogP contribution in [0.5, 0.6) is 11.5 Å². The lowest BCUT2D eigenvalue weighted by atomic mass is 10.1. The van der Waals surface area contributed by atoms with Crippen LogP contribution in [0.3, 0.4) is 0 Å². The summed E-state index contributed by atoms with van der Waals surface area (Å²) in [6.07, 6.45) is 0. The molecule has 2 atom stereocenters. The van der Waals surface area contributed by atoms with Gasteiger partial charge in [-0.2, -0.15) is 0 Å². The molecule has 0 aromatic heterocycles. The number of hydrogen-bond donors (Lipinski definition) is 0. The summed E-state index contributed by atoms with van der Waals surface area (Å²) in [5.74, 6) is 1.55. The maximum absolute atomic E-state index is 12.9. The maximum atomic E-state index is 12.9. The van der Waals surface area contributed by atoms with E-state index in [9.17, 15) is 9.59 Å². The number of ether oxygens (including phenoxy) is 3. The first-order valence-corrected chi connectivity index (χ1v) is 9.63. The average Bonchev–Trinajstić information content (AvgIpc) is 3.08. The van der Waals surface area contributed by atoms with E-state index in [1.807, 2.05) is 18.2 Å². The summed E-state index contributed by atoms with van der Waals surface area (Å²) in [6, 6.07) is 5.09. The van der Waals surface area contributed by atoms with Crippen molar-refractivity contribution in [3.05, 3.63) is 23.8 Å². The molecule has 142 valence electrons. The minimum atomic E-state index is -0.520. The van der Waals surface area contributed by atoms with Crippen LogP contribution in [0.1, 0.15) is 17.9 Å². The lowest BCUT2D eigenvalue weighted by molar-refractivity contribution is -0.146. The lowest BCUT2D eigenvalue weighted by Crippen LogP contribution is -2.51. The Morgan fingerprint density at radius 2 is 1.92 bits per heavy atom. The van der Waals surface area contributed by atoms with Gasteiger partial charge in [0.05, 0.1) is 33.2 Å². The zero-order chi connectivity index (χ0) is 18.7. The molecule has 2 unspecified atom stereocenters. The van der Waals surface area contributed by atoms with Crippen molar-refractivity contribution in [3.8, 4) is 11.5 Å². The van der Waals surface area contributed by atoms with Gasteiger partial charge < -0.3 is 24.0 Å². The predicted octanol–water partition coefficient (Wildman–Crippen LogP) is 1.53. The van der Waals surface area contributed by atoms with E-state index in [-0.39, 0.29) is 17.2 Å². The van der Waals surface area contributed by atoms with E-state index in [0.717, 1.165) is 5.56 Å². The average molecular weight is 380 g/mol. The number of thioether (sulfide) groups is 1. The predicted molar refractivity (Wildman–Crippen MR) is 98.5 cm³/mol. The maximum Gasteiger partial charge on any atom is 0.245 e. The topological polar surface area (TPSA) is 68.3 Å². The Kier molecular flexibility index (Phi) is 5.93. The van der Waals surface area contributed by atoms with E-state index in [1.165, 1.54) is 11.8 Å². The Bertz CT molecular complexity index is 678. The number of amides is 2. The molecular formula is C18H24N2O5S. The highest BCUT2D eigenvalue weighted by Crippen LogP contribution is 2.42. The third kappa shape index (κ3) is 3.61. The minimum Gasteiger partial charge on any atom is -0.493 e. The number of morpholine rings is 1. The van der Waals surface area contributed by atoms with Crippen molar-refractivity contribution < 1.29 is 23.8 Å². The van der Waals surface area contributed by atoms with E-state index in [2.05, 4.69) is 0 Å². The van der Waals surface area contributed by atoms with Crippen LogP contribution in [0.2, 0.25) is 0 Å². The van der Waals surface area contributed by atoms with Crippen molar-refractivity contribution in [2.24, 2.45) is 0 Å². The molecule has 0 radical (unpaired) electrons. The molecule has 2 fully saturated rings. The molecule has 0 aliphatic carbocycles. The van der Waals surface area contributed by atoms with Gasteiger partial charge in [-0.3, -0.25) is 9.59 Å². The summed E-state index contributed by atoms with van der Waals surface area (Å²) < 4.78 is 16.0. The molecule has 0 N–H and O–H groups in total. The summed E-state index contributed by atoms with van der Waals surface area (Å²) in [7, 11) is 3.16. The Morgan fingerprint density at radius 3 is 2.58 bits per heavy atom. The molecule has 2 saturated heterocycles. The third-order valence-corrected chi connectivity index (χ3v) is 5.92. The molecule has 0 saturated carbocycles. The van der Waals surface area contributed by atoms with Gasteiger partial charge in [0.1, 0.15) is 11.4 Å². The van der Waals surface area contributed by atoms with Gasteiger partial charge in [-0.15, -0.1) is 11.8 Å². The van der Waals surface area contributed by atoms with Gasteiger partial charge in [0.15, 0.2) is 11.5 Å². The largest absolute Gasteiger partial charge is 0.493 e. The lowest BCUT2D eigenvalue weighted by Gasteiger charge is -2.35. The van der Waals surface area contributed by atoms with Crippen LogP contribution in [0.15, 0.2) is 18.2 Å². The second kappa shape index (κ2) is 8.18. The van der Waals surface area contributed by atoms with Gasteiger partial charge in [0.2, 0.25) is 11.8 Å². The first kappa shape index (κ1) is 18.8. The molecule has 8 heteroatoms. The van der Waals surface area contributed by atoms with Crippen molar-refractivity contribution in [3.63, 3.8) is 0 Å². The van der Waals surface area contributed by atoms with Crippen molar-refractivity contribution in [1.29, 1.82) is 0 Å². The molecule has 2 aliphatic rings. The van der Waals surface area contributed by atoms with Crippen LogP contribution in [-0.4, -0.2) is 73.9 Å². The fraction of sp³-hybridized carbons (Fsp3) is 0.556. The van der Waals surface area contributed by atoms with Crippen LogP contribution in [0, 0.1) is 0 Å². The normalized spacial score (nSPS) is 21.7. The summed E-state index contributed by atoms with van der Waals surface area (Å²) in [6.45, 7) is 4.02. The number of benzene rings is 1. The number of rotatable bonds is 5. The fourth-order valence-corrected chi connectivity index (χ4v) is 4.53. The summed E-state index contributed by atoms with van der Waals surface area (Å²) in [4.78, 5) is 28.8. The van der Waals surface area contributed by atoms with Crippen LogP contribution in [0.25, 0.3) is 0 Å². The summed E-state index contributed by atoms with van der Waals surface area (Å²) in [5.41, 5.74) is 0.917. The van der Waals surface area contributed by atoms with Crippen molar-refractivity contribution >= 4 is 23.6 Å². The summed E-state index contributed by atoms with van der Waals surface area (Å²) >= 11 is 1.52. The Labute approximate surface area is 157 Å². The van der Waals surface area contributed by atoms with Crippen molar-refractivity contribution in [2.45, 2.75) is 18.3 Å². The molecule has 1 aromatic carbocycles. The van der Waals surface area contributed by atoms with E-state index in [4.69, 9.17) is 14.2 Å². The molecule has 3 rings (SSSR count). The minimum absolute atomic E-state index is 0.0242. The smallest absolute Gasteiger partial charge is 0.245 e. The van der Waals surface area contributed by atoms with Gasteiger partial charge in [-0.1, -0.05) is 6.07 Å². The Balaban J connectivity index is 1.83. The highest BCUT2D eigenvalue weighted by molar-refractivity contribution is 8.00. The van der Waals surface area contributed by atoms with Crippen LogP contribution in [0.4, 0.5) is 0 Å². The molecule has 2 amide bonds. The van der Waals surface area contributed by atoms with Crippen LogP contribution in [-0.2, 0) is 14.3 Å². The molecule has 2 heterocycles. The van der Waals surface area contributed by atoms with Gasteiger partial charge in [-0.05, 0) is 24.6 Å². The molecule has 0 spiro atoms. The van der Waals surface area contributed by atoms with Gasteiger partial charge in [0, 0.05) is 13.1 Å². The number of methoxy groups -OCH3 is 2. The van der Waals surface area contributed by atoms with Crippen molar-refractivity contribution in [2.75, 3.05) is 46.3 Å². The van der Waals surface area contributed by atoms with E-state index in [1.54, 1.807) is 30.9 Å². The van der Waals surface area contributed by atoms with Gasteiger partial charge in [0.25, 0.3) is 0 Å². The zero-order valence-electron chi connectivity index (χ0n) is 15.3. The van der Waals surface area contributed by atoms with E-state index >= 15 is 0 Å². The van der Waals surface area contributed by atoms with Crippen LogP contribution < -0.4 is 9.47 Å². The quantitative estimate of drug-likeness (QED) is 0.772. The highest BCUT2D eigenvalue weighted by Gasteiger charge is 2.40. The number of hydrogen-bond acceptors (Lipinski definition) is 6. The molecule has 2 aliphatic heterocycles. The molecular weight excluding hydrogens is 356 g/mol. The second-order valence-corrected chi connectivity index (χ2v) is 7.26. The van der Waals surface area contributed by atoms with E-state index in [0.29, 0.717) is 43.6 Å². The molecule has 1 aromatic rings. The highest BCUT2D eigenvalue weighted by atomic mass is 32.2. The monoisotopic (exact) mass is 380 g/mol. The molecule has 0 bridgehead atoms. The SMILES string of the molecule is COc1ccc(C2SCC(=O)N2C(C)C(=O)N2CCOCC2)cc1OC. The zero-order valence-corrected chi connectivity index (χ0v) is 16.1. The first-order valence-electron chi connectivity index (χ1n) is 8.58. The van der Waals surface area contributed by atoms with E-state index < -0.39 is 6.04 Å². The number of carbonyl (C=O) groups excluding carboxylic acids is 2. The fourth-order valence-electron chi connectivity index (χ4n) is 3.29. The van der Waals surface area contributed by atoms with Gasteiger partial charge >= 0.3 is 0 Å². The van der Waals surface area contributed by atoms with Gasteiger partial charge in [-0.25, -0.2) is 0 Å². The first-order chi connectivity index (χ1) is 12.6. The second-order valence-electron chi connectivity index (χ2n) is 6.19. The molecule has 7 nitrogen and oxygen atoms in total. The number of carbonyl (C=O) groups is 2.